The van der Waals surface area contributed by atoms with E-state index in [4.69, 9.17) is 4.74 Å². The molecule has 1 amide bonds. The summed E-state index contributed by atoms with van der Waals surface area (Å²) in [6.07, 6.45) is 1.41. The molecule has 0 saturated carbocycles. The Hall–Kier alpha value is -1.10. The summed E-state index contributed by atoms with van der Waals surface area (Å²) in [7, 11) is 1.61. The molecule has 1 fully saturated rings. The number of aryl methyl sites for hydroxylation is 1. The van der Waals surface area contributed by atoms with Crippen molar-refractivity contribution in [2.45, 2.75) is 38.8 Å². The molecule has 124 valence electrons. The first-order valence-corrected chi connectivity index (χ1v) is 7.84. The lowest BCUT2D eigenvalue weighted by molar-refractivity contribution is -0.145. The summed E-state index contributed by atoms with van der Waals surface area (Å²) in [5.74, 6) is 0.103. The van der Waals surface area contributed by atoms with Gasteiger partial charge in [0.05, 0.1) is 6.04 Å². The van der Waals surface area contributed by atoms with Crippen LogP contribution in [0.4, 0.5) is 0 Å². The summed E-state index contributed by atoms with van der Waals surface area (Å²) in [4.78, 5) is 14.6. The first-order chi connectivity index (χ1) is 10.2. The van der Waals surface area contributed by atoms with Gasteiger partial charge < -0.3 is 15.0 Å². The number of benzene rings is 1. The van der Waals surface area contributed by atoms with Gasteiger partial charge >= 0.3 is 0 Å². The van der Waals surface area contributed by atoms with Crippen molar-refractivity contribution in [1.82, 2.24) is 10.2 Å². The predicted octanol–water partition coefficient (Wildman–Crippen LogP) is 2.57. The Balaban J connectivity index is 0.00000242. The van der Waals surface area contributed by atoms with Crippen LogP contribution in [0.1, 0.15) is 37.4 Å². The number of amides is 1. The second-order valence-electron chi connectivity index (χ2n) is 5.48. The van der Waals surface area contributed by atoms with Gasteiger partial charge in [0.2, 0.25) is 0 Å². The molecule has 0 aromatic heterocycles. The minimum Gasteiger partial charge on any atom is -0.372 e. The number of rotatable bonds is 5. The van der Waals surface area contributed by atoms with Crippen molar-refractivity contribution in [3.63, 3.8) is 0 Å². The number of hydrogen-bond acceptors (Lipinski definition) is 3. The number of nitrogens with one attached hydrogen (secondary N) is 1. The lowest BCUT2D eigenvalue weighted by Crippen LogP contribution is -2.51. The van der Waals surface area contributed by atoms with Crippen LogP contribution < -0.4 is 5.32 Å². The van der Waals surface area contributed by atoms with Gasteiger partial charge in [-0.3, -0.25) is 4.79 Å². The third kappa shape index (κ3) is 4.22. The number of ether oxygens (including phenoxy) is 1. The highest BCUT2D eigenvalue weighted by Gasteiger charge is 2.31. The van der Waals surface area contributed by atoms with Gasteiger partial charge in [-0.2, -0.15) is 0 Å². The maximum Gasteiger partial charge on any atom is 0.252 e. The minimum absolute atomic E-state index is 0. The quantitative estimate of drug-likeness (QED) is 0.904. The SMILES string of the molecule is CCc1ccc(C2CNCCN2C(=O)C(CC)OC)cc1.Cl. The number of halogens is 1. The molecule has 1 aromatic rings. The van der Waals surface area contributed by atoms with Crippen LogP contribution in [0.2, 0.25) is 0 Å². The van der Waals surface area contributed by atoms with Crippen LogP contribution in [-0.2, 0) is 16.0 Å². The van der Waals surface area contributed by atoms with Gasteiger partial charge in [-0.05, 0) is 24.0 Å². The molecule has 1 aliphatic rings. The average molecular weight is 327 g/mol. The zero-order valence-corrected chi connectivity index (χ0v) is 14.5. The van der Waals surface area contributed by atoms with Crippen molar-refractivity contribution in [2.75, 3.05) is 26.7 Å². The maximum absolute atomic E-state index is 12.6. The van der Waals surface area contributed by atoms with E-state index in [1.165, 1.54) is 11.1 Å². The number of hydrogen-bond donors (Lipinski definition) is 1. The van der Waals surface area contributed by atoms with E-state index in [-0.39, 0.29) is 30.5 Å². The molecule has 2 atom stereocenters. The fourth-order valence-corrected chi connectivity index (χ4v) is 2.87. The van der Waals surface area contributed by atoms with Gasteiger partial charge in [0.15, 0.2) is 0 Å². The van der Waals surface area contributed by atoms with E-state index in [1.54, 1.807) is 7.11 Å². The molecule has 4 nitrogen and oxygen atoms in total. The average Bonchev–Trinajstić information content (AvgIpc) is 2.56. The van der Waals surface area contributed by atoms with E-state index in [2.05, 4.69) is 36.5 Å². The molecule has 22 heavy (non-hydrogen) atoms. The van der Waals surface area contributed by atoms with Crippen molar-refractivity contribution in [1.29, 1.82) is 0 Å². The molecule has 2 unspecified atom stereocenters. The number of piperazine rings is 1. The van der Waals surface area contributed by atoms with Gasteiger partial charge in [0.1, 0.15) is 6.10 Å². The van der Waals surface area contributed by atoms with Crippen LogP contribution >= 0.6 is 12.4 Å². The summed E-state index contributed by atoms with van der Waals surface area (Å²) in [6.45, 7) is 6.52. The van der Waals surface area contributed by atoms with Crippen LogP contribution in [0.15, 0.2) is 24.3 Å². The molecule has 1 N–H and O–H groups in total. The second kappa shape index (κ2) is 9.13. The molecule has 1 heterocycles. The molecule has 0 spiro atoms. The van der Waals surface area contributed by atoms with Crippen LogP contribution in [0.3, 0.4) is 0 Å². The van der Waals surface area contributed by atoms with Crippen molar-refractivity contribution in [2.24, 2.45) is 0 Å². The smallest absolute Gasteiger partial charge is 0.252 e. The van der Waals surface area contributed by atoms with E-state index in [9.17, 15) is 4.79 Å². The molecule has 1 saturated heterocycles. The Morgan fingerprint density at radius 3 is 2.59 bits per heavy atom. The van der Waals surface area contributed by atoms with E-state index < -0.39 is 0 Å². The molecular weight excluding hydrogens is 300 g/mol. The predicted molar refractivity (Wildman–Crippen MR) is 91.5 cm³/mol. The zero-order chi connectivity index (χ0) is 15.2. The Labute approximate surface area is 139 Å². The number of carbonyl (C=O) groups excluding carboxylic acids is 1. The molecule has 5 heteroatoms. The highest BCUT2D eigenvalue weighted by molar-refractivity contribution is 5.85. The Kier molecular flexibility index (Phi) is 7.87. The van der Waals surface area contributed by atoms with Crippen molar-refractivity contribution in [3.05, 3.63) is 35.4 Å². The van der Waals surface area contributed by atoms with Gasteiger partial charge in [0, 0.05) is 26.7 Å². The van der Waals surface area contributed by atoms with E-state index in [0.29, 0.717) is 6.42 Å². The lowest BCUT2D eigenvalue weighted by Gasteiger charge is -2.38. The Morgan fingerprint density at radius 2 is 2.05 bits per heavy atom. The minimum atomic E-state index is -0.333. The number of nitrogens with zero attached hydrogens (tertiary/aromatic N) is 1. The van der Waals surface area contributed by atoms with Crippen LogP contribution in [0.5, 0.6) is 0 Å². The summed E-state index contributed by atoms with van der Waals surface area (Å²) >= 11 is 0. The third-order valence-corrected chi connectivity index (χ3v) is 4.23. The zero-order valence-electron chi connectivity index (χ0n) is 13.7. The first-order valence-electron chi connectivity index (χ1n) is 7.84. The van der Waals surface area contributed by atoms with Gasteiger partial charge in [-0.25, -0.2) is 0 Å². The summed E-state index contributed by atoms with van der Waals surface area (Å²) in [6, 6.07) is 8.69. The Bertz CT molecular complexity index is 460. The van der Waals surface area contributed by atoms with Crippen molar-refractivity contribution >= 4 is 18.3 Å². The van der Waals surface area contributed by atoms with Gasteiger partial charge in [-0.1, -0.05) is 38.1 Å². The van der Waals surface area contributed by atoms with E-state index >= 15 is 0 Å². The second-order valence-corrected chi connectivity index (χ2v) is 5.48. The third-order valence-electron chi connectivity index (χ3n) is 4.23. The molecule has 1 aliphatic heterocycles. The monoisotopic (exact) mass is 326 g/mol. The number of methoxy groups -OCH3 is 1. The molecule has 0 aliphatic carbocycles. The standard InChI is InChI=1S/C17H26N2O2.ClH/c1-4-13-6-8-14(9-7-13)15-12-18-10-11-19(15)17(20)16(5-2)21-3;/h6-9,15-16,18H,4-5,10-12H2,1-3H3;1H. The normalized spacial score (nSPS) is 19.4. The molecule has 1 aromatic carbocycles. The lowest BCUT2D eigenvalue weighted by atomic mass is 10.00. The van der Waals surface area contributed by atoms with Gasteiger partial charge in [-0.15, -0.1) is 12.4 Å². The highest BCUT2D eigenvalue weighted by atomic mass is 35.5. The van der Waals surface area contributed by atoms with Crippen LogP contribution in [0, 0.1) is 0 Å². The molecule has 0 bridgehead atoms. The largest absolute Gasteiger partial charge is 0.372 e. The molecule has 0 radical (unpaired) electrons. The molecular formula is C17H27ClN2O2. The van der Waals surface area contributed by atoms with Crippen molar-refractivity contribution < 1.29 is 9.53 Å². The summed E-state index contributed by atoms with van der Waals surface area (Å²) in [5, 5.41) is 3.39. The fourth-order valence-electron chi connectivity index (χ4n) is 2.87. The van der Waals surface area contributed by atoms with Crippen LogP contribution in [-0.4, -0.2) is 43.7 Å². The van der Waals surface area contributed by atoms with Gasteiger partial charge in [0.25, 0.3) is 5.91 Å². The topological polar surface area (TPSA) is 41.6 Å². The summed E-state index contributed by atoms with van der Waals surface area (Å²) in [5.41, 5.74) is 2.52. The van der Waals surface area contributed by atoms with Crippen molar-refractivity contribution in [3.8, 4) is 0 Å². The maximum atomic E-state index is 12.6. The Morgan fingerprint density at radius 1 is 1.36 bits per heavy atom. The van der Waals surface area contributed by atoms with Crippen LogP contribution in [0.25, 0.3) is 0 Å². The first kappa shape index (κ1) is 18.9. The molecule has 2 rings (SSSR count). The van der Waals surface area contributed by atoms with E-state index in [0.717, 1.165) is 26.1 Å². The summed E-state index contributed by atoms with van der Waals surface area (Å²) < 4.78 is 5.32. The highest BCUT2D eigenvalue weighted by Crippen LogP contribution is 2.24. The van der Waals surface area contributed by atoms with E-state index in [1.807, 2.05) is 11.8 Å². The number of carbonyl (C=O) groups is 1. The fraction of sp³-hybridized carbons (Fsp3) is 0.588.